The Bertz CT molecular complexity index is 887. The molecule has 1 fully saturated rings. The van der Waals surface area contributed by atoms with Crippen molar-refractivity contribution in [1.82, 2.24) is 4.90 Å². The van der Waals surface area contributed by atoms with Crippen LogP contribution in [-0.2, 0) is 6.54 Å². The summed E-state index contributed by atoms with van der Waals surface area (Å²) in [7, 11) is 0. The standard InChI is InChI=1S/C25H23F2N/c26-23-10-6-20(7-11-23)25(21-8-12-24(27)13-9-21)22-14-16-28(17-15-22)18-19-4-2-1-3-5-19/h1-13H,14-18H2. The van der Waals surface area contributed by atoms with E-state index in [1.54, 1.807) is 0 Å². The highest BCUT2D eigenvalue weighted by Crippen LogP contribution is 2.33. The molecule has 142 valence electrons. The van der Waals surface area contributed by atoms with E-state index in [9.17, 15) is 8.78 Å². The Kier molecular flexibility index (Phi) is 5.63. The van der Waals surface area contributed by atoms with Crippen molar-refractivity contribution in [2.75, 3.05) is 13.1 Å². The second-order valence-corrected chi connectivity index (χ2v) is 7.25. The molecule has 3 aromatic rings. The zero-order chi connectivity index (χ0) is 19.3. The van der Waals surface area contributed by atoms with Gasteiger partial charge in [-0.05, 0) is 59.4 Å². The predicted molar refractivity (Wildman–Crippen MR) is 110 cm³/mol. The molecule has 1 heterocycles. The van der Waals surface area contributed by atoms with Gasteiger partial charge in [-0.25, -0.2) is 8.78 Å². The molecule has 0 amide bonds. The van der Waals surface area contributed by atoms with Crippen LogP contribution in [0.15, 0.2) is 84.4 Å². The number of benzene rings is 3. The van der Waals surface area contributed by atoms with Crippen LogP contribution in [-0.4, -0.2) is 18.0 Å². The molecule has 0 aromatic heterocycles. The average Bonchev–Trinajstić information content (AvgIpc) is 2.73. The Morgan fingerprint density at radius 3 is 1.68 bits per heavy atom. The molecule has 0 bridgehead atoms. The molecule has 0 spiro atoms. The van der Waals surface area contributed by atoms with Crippen LogP contribution in [0.1, 0.15) is 29.5 Å². The summed E-state index contributed by atoms with van der Waals surface area (Å²) in [4.78, 5) is 2.46. The fourth-order valence-electron chi connectivity index (χ4n) is 3.88. The molecule has 0 unspecified atom stereocenters. The summed E-state index contributed by atoms with van der Waals surface area (Å²) in [6, 6.07) is 23.7. The van der Waals surface area contributed by atoms with Gasteiger partial charge in [-0.2, -0.15) is 0 Å². The van der Waals surface area contributed by atoms with Gasteiger partial charge < -0.3 is 0 Å². The average molecular weight is 375 g/mol. The summed E-state index contributed by atoms with van der Waals surface area (Å²) >= 11 is 0. The maximum absolute atomic E-state index is 13.4. The van der Waals surface area contributed by atoms with E-state index in [1.807, 2.05) is 30.3 Å². The first kappa shape index (κ1) is 18.6. The Hall–Kier alpha value is -2.78. The summed E-state index contributed by atoms with van der Waals surface area (Å²) in [5.74, 6) is -0.491. The summed E-state index contributed by atoms with van der Waals surface area (Å²) in [6.45, 7) is 2.92. The SMILES string of the molecule is Fc1ccc(C(=C2CCN(Cc3ccccc3)CC2)c2ccc(F)cc2)cc1. The highest BCUT2D eigenvalue weighted by Gasteiger charge is 2.19. The fraction of sp³-hybridized carbons (Fsp3) is 0.200. The van der Waals surface area contributed by atoms with Gasteiger partial charge in [0.25, 0.3) is 0 Å². The zero-order valence-corrected chi connectivity index (χ0v) is 15.7. The van der Waals surface area contributed by atoms with Gasteiger partial charge in [-0.15, -0.1) is 0 Å². The number of nitrogens with zero attached hydrogens (tertiary/aromatic N) is 1. The van der Waals surface area contributed by atoms with E-state index in [1.165, 1.54) is 35.4 Å². The van der Waals surface area contributed by atoms with Crippen molar-refractivity contribution in [3.63, 3.8) is 0 Å². The highest BCUT2D eigenvalue weighted by molar-refractivity contribution is 5.82. The highest BCUT2D eigenvalue weighted by atomic mass is 19.1. The molecule has 0 atom stereocenters. The lowest BCUT2D eigenvalue weighted by molar-refractivity contribution is 0.248. The van der Waals surface area contributed by atoms with Gasteiger partial charge in [-0.3, -0.25) is 4.90 Å². The van der Waals surface area contributed by atoms with Crippen LogP contribution in [0.3, 0.4) is 0 Å². The fourth-order valence-corrected chi connectivity index (χ4v) is 3.88. The maximum atomic E-state index is 13.4. The lowest BCUT2D eigenvalue weighted by atomic mass is 9.88. The number of piperidine rings is 1. The first-order valence-electron chi connectivity index (χ1n) is 9.69. The van der Waals surface area contributed by atoms with E-state index < -0.39 is 0 Å². The third-order valence-corrected chi connectivity index (χ3v) is 5.33. The van der Waals surface area contributed by atoms with Crippen molar-refractivity contribution >= 4 is 5.57 Å². The quantitative estimate of drug-likeness (QED) is 0.535. The monoisotopic (exact) mass is 375 g/mol. The van der Waals surface area contributed by atoms with Crippen molar-refractivity contribution in [1.29, 1.82) is 0 Å². The van der Waals surface area contributed by atoms with Crippen molar-refractivity contribution in [3.8, 4) is 0 Å². The Morgan fingerprint density at radius 2 is 1.18 bits per heavy atom. The van der Waals surface area contributed by atoms with Crippen molar-refractivity contribution in [3.05, 3.63) is 113 Å². The van der Waals surface area contributed by atoms with E-state index in [0.29, 0.717) is 0 Å². The van der Waals surface area contributed by atoms with E-state index in [2.05, 4.69) is 29.2 Å². The lowest BCUT2D eigenvalue weighted by Gasteiger charge is -2.30. The second-order valence-electron chi connectivity index (χ2n) is 7.25. The molecule has 1 nitrogen and oxygen atoms in total. The van der Waals surface area contributed by atoms with E-state index >= 15 is 0 Å². The van der Waals surface area contributed by atoms with Crippen molar-refractivity contribution in [2.24, 2.45) is 0 Å². The van der Waals surface area contributed by atoms with Crippen LogP contribution in [0.2, 0.25) is 0 Å². The van der Waals surface area contributed by atoms with Gasteiger partial charge in [0.1, 0.15) is 11.6 Å². The Balaban J connectivity index is 1.60. The molecule has 0 aliphatic carbocycles. The minimum atomic E-state index is -0.245. The van der Waals surface area contributed by atoms with E-state index in [-0.39, 0.29) is 11.6 Å². The van der Waals surface area contributed by atoms with Gasteiger partial charge >= 0.3 is 0 Å². The molecule has 1 saturated heterocycles. The smallest absolute Gasteiger partial charge is 0.123 e. The van der Waals surface area contributed by atoms with Crippen LogP contribution in [0.5, 0.6) is 0 Å². The van der Waals surface area contributed by atoms with Crippen LogP contribution in [0, 0.1) is 11.6 Å². The topological polar surface area (TPSA) is 3.24 Å². The van der Waals surface area contributed by atoms with Crippen molar-refractivity contribution < 1.29 is 8.78 Å². The van der Waals surface area contributed by atoms with Crippen LogP contribution >= 0.6 is 0 Å². The van der Waals surface area contributed by atoms with Crippen molar-refractivity contribution in [2.45, 2.75) is 19.4 Å². The molecule has 3 heteroatoms. The molecule has 1 aliphatic rings. The number of rotatable bonds is 4. The van der Waals surface area contributed by atoms with Gasteiger partial charge in [0.2, 0.25) is 0 Å². The lowest BCUT2D eigenvalue weighted by Crippen LogP contribution is -2.30. The molecular weight excluding hydrogens is 352 g/mol. The predicted octanol–water partition coefficient (Wildman–Crippen LogP) is 6.06. The Labute approximate surface area is 164 Å². The first-order valence-corrected chi connectivity index (χ1v) is 9.69. The summed E-state index contributed by atoms with van der Waals surface area (Å²) in [5.41, 5.74) is 5.76. The van der Waals surface area contributed by atoms with E-state index in [4.69, 9.17) is 0 Å². The summed E-state index contributed by atoms with van der Waals surface area (Å²) in [6.07, 6.45) is 1.91. The number of halogens is 2. The Morgan fingerprint density at radius 1 is 0.679 bits per heavy atom. The van der Waals surface area contributed by atoms with Gasteiger partial charge in [0.05, 0.1) is 0 Å². The van der Waals surface area contributed by atoms with E-state index in [0.717, 1.165) is 49.2 Å². The molecule has 0 N–H and O–H groups in total. The van der Waals surface area contributed by atoms with Gasteiger partial charge in [-0.1, -0.05) is 60.2 Å². The molecule has 0 radical (unpaired) electrons. The largest absolute Gasteiger partial charge is 0.298 e. The number of hydrogen-bond acceptors (Lipinski definition) is 1. The van der Waals surface area contributed by atoms with Crippen LogP contribution in [0.25, 0.3) is 5.57 Å². The second kappa shape index (κ2) is 8.49. The zero-order valence-electron chi connectivity index (χ0n) is 15.7. The number of likely N-dealkylation sites (tertiary alicyclic amines) is 1. The molecule has 1 aliphatic heterocycles. The molecule has 4 rings (SSSR count). The molecule has 28 heavy (non-hydrogen) atoms. The minimum absolute atomic E-state index is 0.245. The normalized spacial score (nSPS) is 14.9. The number of hydrogen-bond donors (Lipinski definition) is 0. The summed E-state index contributed by atoms with van der Waals surface area (Å²) in [5, 5.41) is 0. The first-order chi connectivity index (χ1) is 13.7. The maximum Gasteiger partial charge on any atom is 0.123 e. The van der Waals surface area contributed by atoms with Crippen LogP contribution < -0.4 is 0 Å². The molecule has 0 saturated carbocycles. The molecule has 3 aromatic carbocycles. The minimum Gasteiger partial charge on any atom is -0.298 e. The summed E-state index contributed by atoms with van der Waals surface area (Å²) < 4.78 is 26.9. The van der Waals surface area contributed by atoms with Gasteiger partial charge in [0.15, 0.2) is 0 Å². The third kappa shape index (κ3) is 4.37. The third-order valence-electron chi connectivity index (χ3n) is 5.33. The van der Waals surface area contributed by atoms with Gasteiger partial charge in [0, 0.05) is 19.6 Å². The van der Waals surface area contributed by atoms with Crippen LogP contribution in [0.4, 0.5) is 8.78 Å². The molecular formula is C25H23F2N.